The molecule has 0 saturated carbocycles. The van der Waals surface area contributed by atoms with Crippen LogP contribution in [0.15, 0.2) is 42.5 Å². The average molecular weight is 389 g/mol. The molecule has 0 radical (unpaired) electrons. The van der Waals surface area contributed by atoms with Crippen LogP contribution in [-0.2, 0) is 16.1 Å². The van der Waals surface area contributed by atoms with Crippen LogP contribution in [0.2, 0.25) is 0 Å². The summed E-state index contributed by atoms with van der Waals surface area (Å²) >= 11 is 0. The first-order chi connectivity index (χ1) is 13.8. The van der Waals surface area contributed by atoms with Crippen LogP contribution >= 0.6 is 0 Å². The molecular formula is C25H40O3. The Morgan fingerprint density at radius 3 is 2.29 bits per heavy atom. The largest absolute Gasteiger partial charge is 0.388 e. The maximum Gasteiger partial charge on any atom is 0.116 e. The van der Waals surface area contributed by atoms with E-state index in [0.717, 1.165) is 12.0 Å². The van der Waals surface area contributed by atoms with E-state index in [0.29, 0.717) is 13.2 Å². The van der Waals surface area contributed by atoms with Gasteiger partial charge in [0.05, 0.1) is 13.2 Å². The molecule has 158 valence electrons. The third kappa shape index (κ3) is 9.36. The first-order valence-electron chi connectivity index (χ1n) is 11.4. The van der Waals surface area contributed by atoms with Crippen molar-refractivity contribution in [1.29, 1.82) is 0 Å². The minimum absolute atomic E-state index is 0.137. The van der Waals surface area contributed by atoms with E-state index in [1.807, 2.05) is 30.3 Å². The van der Waals surface area contributed by atoms with Crippen molar-refractivity contribution < 1.29 is 14.6 Å². The third-order valence-corrected chi connectivity index (χ3v) is 5.50. The second kappa shape index (κ2) is 14.8. The zero-order valence-electron chi connectivity index (χ0n) is 17.7. The minimum atomic E-state index is -0.546. The van der Waals surface area contributed by atoms with Gasteiger partial charge in [0.15, 0.2) is 0 Å². The van der Waals surface area contributed by atoms with Crippen LogP contribution in [0, 0.1) is 0 Å². The standard InChI is InChI=1S/C25H40O3/c1-2-3-4-5-6-7-8-9-10-11-12-16-19-24-25(23(26)21-27-24)28-20-22-17-14-13-15-18-22/h13-19,23-26H,2-12,20-21H2,1H3/b19-16-/t23-,24+,25+/m0/s1. The number of ether oxygens (including phenoxy) is 2. The molecule has 3 atom stereocenters. The van der Waals surface area contributed by atoms with Gasteiger partial charge in [-0.1, -0.05) is 107 Å². The van der Waals surface area contributed by atoms with Crippen LogP contribution in [0.1, 0.15) is 83.1 Å². The van der Waals surface area contributed by atoms with E-state index in [1.54, 1.807) is 0 Å². The lowest BCUT2D eigenvalue weighted by Crippen LogP contribution is -2.32. The summed E-state index contributed by atoms with van der Waals surface area (Å²) < 4.78 is 11.6. The predicted octanol–water partition coefficient (Wildman–Crippen LogP) is 6.20. The monoisotopic (exact) mass is 388 g/mol. The zero-order chi connectivity index (χ0) is 19.9. The van der Waals surface area contributed by atoms with E-state index < -0.39 is 6.10 Å². The first-order valence-corrected chi connectivity index (χ1v) is 11.4. The van der Waals surface area contributed by atoms with Gasteiger partial charge in [0.1, 0.15) is 18.3 Å². The lowest BCUT2D eigenvalue weighted by molar-refractivity contribution is -0.0338. The normalized spacial score (nSPS) is 22.3. The Bertz CT molecular complexity index is 514. The second-order valence-electron chi connectivity index (χ2n) is 8.03. The summed E-state index contributed by atoms with van der Waals surface area (Å²) in [6, 6.07) is 10.1. The number of hydrogen-bond donors (Lipinski definition) is 1. The third-order valence-electron chi connectivity index (χ3n) is 5.50. The van der Waals surface area contributed by atoms with Crippen molar-refractivity contribution in [1.82, 2.24) is 0 Å². The fourth-order valence-electron chi connectivity index (χ4n) is 3.74. The molecule has 1 aliphatic heterocycles. The van der Waals surface area contributed by atoms with Crippen molar-refractivity contribution in [3.8, 4) is 0 Å². The number of unbranched alkanes of at least 4 members (excludes halogenated alkanes) is 10. The maximum atomic E-state index is 10.1. The molecule has 0 aromatic heterocycles. The molecule has 0 aliphatic carbocycles. The molecule has 0 bridgehead atoms. The number of aliphatic hydroxyl groups excluding tert-OH is 1. The second-order valence-corrected chi connectivity index (χ2v) is 8.03. The maximum absolute atomic E-state index is 10.1. The summed E-state index contributed by atoms with van der Waals surface area (Å²) in [5, 5.41) is 10.1. The highest BCUT2D eigenvalue weighted by molar-refractivity contribution is 5.13. The molecule has 1 fully saturated rings. The molecule has 1 aromatic rings. The van der Waals surface area contributed by atoms with Crippen molar-refractivity contribution in [2.45, 2.75) is 102 Å². The van der Waals surface area contributed by atoms with Crippen LogP contribution in [0.3, 0.4) is 0 Å². The molecular weight excluding hydrogens is 348 g/mol. The van der Waals surface area contributed by atoms with Gasteiger partial charge in [-0.3, -0.25) is 0 Å². The molecule has 1 heterocycles. The van der Waals surface area contributed by atoms with Crippen LogP contribution in [0.5, 0.6) is 0 Å². The van der Waals surface area contributed by atoms with Gasteiger partial charge in [-0.05, 0) is 18.4 Å². The average Bonchev–Trinajstić information content (AvgIpc) is 3.07. The predicted molar refractivity (Wildman–Crippen MR) is 116 cm³/mol. The van der Waals surface area contributed by atoms with Gasteiger partial charge in [0, 0.05) is 0 Å². The van der Waals surface area contributed by atoms with Gasteiger partial charge < -0.3 is 14.6 Å². The summed E-state index contributed by atoms with van der Waals surface area (Å²) in [6.45, 7) is 3.13. The molecule has 1 saturated heterocycles. The van der Waals surface area contributed by atoms with Crippen molar-refractivity contribution in [2.24, 2.45) is 0 Å². The molecule has 2 rings (SSSR count). The van der Waals surface area contributed by atoms with E-state index in [2.05, 4.69) is 19.1 Å². The Hall–Kier alpha value is -1.16. The molecule has 0 unspecified atom stereocenters. The number of aliphatic hydroxyl groups is 1. The van der Waals surface area contributed by atoms with Gasteiger partial charge in [0.2, 0.25) is 0 Å². The topological polar surface area (TPSA) is 38.7 Å². The minimum Gasteiger partial charge on any atom is -0.388 e. The van der Waals surface area contributed by atoms with E-state index in [9.17, 15) is 5.11 Å². The molecule has 0 amide bonds. The van der Waals surface area contributed by atoms with Crippen molar-refractivity contribution in [3.63, 3.8) is 0 Å². The highest BCUT2D eigenvalue weighted by Crippen LogP contribution is 2.21. The Morgan fingerprint density at radius 1 is 0.964 bits per heavy atom. The molecule has 1 aliphatic rings. The van der Waals surface area contributed by atoms with E-state index in [1.165, 1.54) is 64.2 Å². The summed E-state index contributed by atoms with van der Waals surface area (Å²) in [5.41, 5.74) is 1.12. The smallest absolute Gasteiger partial charge is 0.116 e. The van der Waals surface area contributed by atoms with Crippen molar-refractivity contribution in [3.05, 3.63) is 48.0 Å². The Labute approximate surface area is 172 Å². The van der Waals surface area contributed by atoms with Gasteiger partial charge >= 0.3 is 0 Å². The number of benzene rings is 1. The highest BCUT2D eigenvalue weighted by Gasteiger charge is 2.35. The fraction of sp³-hybridized carbons (Fsp3) is 0.680. The Morgan fingerprint density at radius 2 is 1.61 bits per heavy atom. The van der Waals surface area contributed by atoms with Crippen molar-refractivity contribution in [2.75, 3.05) is 6.61 Å². The number of rotatable bonds is 15. The zero-order valence-corrected chi connectivity index (χ0v) is 17.7. The molecule has 3 nitrogen and oxygen atoms in total. The first kappa shape index (κ1) is 23.1. The van der Waals surface area contributed by atoms with E-state index in [4.69, 9.17) is 9.47 Å². The van der Waals surface area contributed by atoms with Crippen LogP contribution in [0.25, 0.3) is 0 Å². The van der Waals surface area contributed by atoms with E-state index in [-0.39, 0.29) is 12.2 Å². The summed E-state index contributed by atoms with van der Waals surface area (Å²) in [5.74, 6) is 0. The summed E-state index contributed by atoms with van der Waals surface area (Å²) in [4.78, 5) is 0. The molecule has 1 aromatic carbocycles. The molecule has 3 heteroatoms. The Kier molecular flexibility index (Phi) is 12.2. The quantitative estimate of drug-likeness (QED) is 0.287. The Balaban J connectivity index is 1.53. The van der Waals surface area contributed by atoms with Gasteiger partial charge in [-0.25, -0.2) is 0 Å². The molecule has 28 heavy (non-hydrogen) atoms. The van der Waals surface area contributed by atoms with Gasteiger partial charge in [-0.15, -0.1) is 0 Å². The number of allylic oxidation sites excluding steroid dienone is 1. The lowest BCUT2D eigenvalue weighted by atomic mass is 10.1. The van der Waals surface area contributed by atoms with Crippen LogP contribution in [-0.4, -0.2) is 30.0 Å². The number of hydrogen-bond acceptors (Lipinski definition) is 3. The molecule has 0 spiro atoms. The van der Waals surface area contributed by atoms with Crippen molar-refractivity contribution >= 4 is 0 Å². The molecule has 1 N–H and O–H groups in total. The SMILES string of the molecule is CCCCCCCCCCCC/C=C\[C@H]1OC[C@H](O)[C@H]1OCc1ccccc1. The lowest BCUT2D eigenvalue weighted by Gasteiger charge is -2.18. The van der Waals surface area contributed by atoms with Gasteiger partial charge in [-0.2, -0.15) is 0 Å². The summed E-state index contributed by atoms with van der Waals surface area (Å²) in [6.07, 6.45) is 18.0. The van der Waals surface area contributed by atoms with Crippen LogP contribution < -0.4 is 0 Å². The van der Waals surface area contributed by atoms with E-state index >= 15 is 0 Å². The highest BCUT2D eigenvalue weighted by atomic mass is 16.6. The fourth-order valence-corrected chi connectivity index (χ4v) is 3.74. The van der Waals surface area contributed by atoms with Crippen LogP contribution in [0.4, 0.5) is 0 Å². The summed E-state index contributed by atoms with van der Waals surface area (Å²) in [7, 11) is 0. The van der Waals surface area contributed by atoms with Gasteiger partial charge in [0.25, 0.3) is 0 Å².